The molecule has 0 bridgehead atoms. The number of amides is 1. The molecule has 19 heavy (non-hydrogen) atoms. The molecule has 0 radical (unpaired) electrons. The Kier molecular flexibility index (Phi) is 5.95. The van der Waals surface area contributed by atoms with Crippen LogP contribution in [0.25, 0.3) is 0 Å². The number of nitro benzene ring substituents is 1. The fourth-order valence-electron chi connectivity index (χ4n) is 1.73. The van der Waals surface area contributed by atoms with Crippen LogP contribution in [0.5, 0.6) is 0 Å². The highest BCUT2D eigenvalue weighted by Gasteiger charge is 2.14. The summed E-state index contributed by atoms with van der Waals surface area (Å²) in [6.07, 6.45) is 1.99. The summed E-state index contributed by atoms with van der Waals surface area (Å²) >= 11 is 3.17. The van der Waals surface area contributed by atoms with Crippen LogP contribution in [0.2, 0.25) is 0 Å². The molecule has 0 heterocycles. The molecular weight excluding hydrogens is 312 g/mol. The zero-order valence-corrected chi connectivity index (χ0v) is 12.6. The van der Waals surface area contributed by atoms with E-state index in [1.165, 1.54) is 12.1 Å². The zero-order valence-electron chi connectivity index (χ0n) is 11.0. The van der Waals surface area contributed by atoms with Crippen molar-refractivity contribution in [2.24, 2.45) is 5.92 Å². The summed E-state index contributed by atoms with van der Waals surface area (Å²) < 4.78 is 0.523. The van der Waals surface area contributed by atoms with Gasteiger partial charge >= 0.3 is 0 Å². The van der Waals surface area contributed by atoms with Crippen molar-refractivity contribution in [2.75, 3.05) is 6.54 Å². The maximum Gasteiger partial charge on any atom is 0.271 e. The highest BCUT2D eigenvalue weighted by atomic mass is 79.9. The second kappa shape index (κ2) is 7.23. The summed E-state index contributed by atoms with van der Waals surface area (Å²) in [6.45, 7) is 4.74. The number of hydrogen-bond acceptors (Lipinski definition) is 3. The van der Waals surface area contributed by atoms with E-state index in [-0.39, 0.29) is 11.6 Å². The lowest BCUT2D eigenvalue weighted by Crippen LogP contribution is -2.28. The molecule has 0 atom stereocenters. The van der Waals surface area contributed by atoms with Crippen LogP contribution in [0, 0.1) is 16.0 Å². The first-order chi connectivity index (χ1) is 8.97. The first kappa shape index (κ1) is 15.6. The van der Waals surface area contributed by atoms with Crippen LogP contribution in [-0.4, -0.2) is 17.4 Å². The van der Waals surface area contributed by atoms with Crippen molar-refractivity contribution in [3.8, 4) is 0 Å². The van der Waals surface area contributed by atoms with Gasteiger partial charge in [-0.3, -0.25) is 14.9 Å². The Morgan fingerprint density at radius 3 is 2.53 bits per heavy atom. The molecule has 0 aliphatic carbocycles. The van der Waals surface area contributed by atoms with Crippen LogP contribution >= 0.6 is 15.9 Å². The number of non-ortho nitro benzene ring substituents is 1. The summed E-state index contributed by atoms with van der Waals surface area (Å²) in [6, 6.07) is 4.24. The van der Waals surface area contributed by atoms with Gasteiger partial charge in [0.05, 0.1) is 4.92 Å². The fraction of sp³-hybridized carbons (Fsp3) is 0.462. The number of hydrogen-bond donors (Lipinski definition) is 1. The topological polar surface area (TPSA) is 72.2 Å². The monoisotopic (exact) mass is 328 g/mol. The molecule has 1 aromatic rings. The van der Waals surface area contributed by atoms with Crippen LogP contribution in [0.15, 0.2) is 22.7 Å². The number of carbonyl (C=O) groups excluding carboxylic acids is 1. The van der Waals surface area contributed by atoms with Crippen molar-refractivity contribution in [2.45, 2.75) is 26.7 Å². The van der Waals surface area contributed by atoms with Crippen LogP contribution in [-0.2, 0) is 0 Å². The van der Waals surface area contributed by atoms with Gasteiger partial charge in [-0.25, -0.2) is 0 Å². The van der Waals surface area contributed by atoms with Crippen LogP contribution in [0.4, 0.5) is 5.69 Å². The van der Waals surface area contributed by atoms with Gasteiger partial charge in [0.2, 0.25) is 0 Å². The Morgan fingerprint density at radius 1 is 1.37 bits per heavy atom. The first-order valence-corrected chi connectivity index (χ1v) is 7.00. The smallest absolute Gasteiger partial charge is 0.271 e. The quantitative estimate of drug-likeness (QED) is 0.641. The molecule has 0 unspecified atom stereocenters. The molecule has 1 amide bonds. The van der Waals surface area contributed by atoms with Crippen molar-refractivity contribution >= 4 is 27.5 Å². The maximum atomic E-state index is 12.0. The van der Waals surface area contributed by atoms with Gasteiger partial charge in [0.1, 0.15) is 0 Å². The number of nitrogens with zero attached hydrogens (tertiary/aromatic N) is 1. The van der Waals surface area contributed by atoms with Gasteiger partial charge < -0.3 is 5.32 Å². The standard InChI is InChI=1S/C13H17BrN2O3/c1-3-9(4-2)8-15-13(17)10-5-11(14)7-12(6-10)16(18)19/h5-7,9H,3-4,8H2,1-2H3,(H,15,17). The second-order valence-electron chi connectivity index (χ2n) is 4.35. The second-order valence-corrected chi connectivity index (χ2v) is 5.26. The number of nitrogens with one attached hydrogen (secondary N) is 1. The van der Waals surface area contributed by atoms with Crippen molar-refractivity contribution in [3.05, 3.63) is 38.3 Å². The van der Waals surface area contributed by atoms with E-state index in [0.29, 0.717) is 22.5 Å². The molecule has 1 N–H and O–H groups in total. The molecule has 0 saturated carbocycles. The predicted molar refractivity (Wildman–Crippen MR) is 77.2 cm³/mol. The highest BCUT2D eigenvalue weighted by Crippen LogP contribution is 2.21. The van der Waals surface area contributed by atoms with Gasteiger partial charge in [0.15, 0.2) is 0 Å². The van der Waals surface area contributed by atoms with Crippen molar-refractivity contribution < 1.29 is 9.72 Å². The summed E-state index contributed by atoms with van der Waals surface area (Å²) in [5, 5.41) is 13.6. The summed E-state index contributed by atoms with van der Waals surface area (Å²) in [5.41, 5.74) is 0.203. The van der Waals surface area contributed by atoms with Gasteiger partial charge in [-0.2, -0.15) is 0 Å². The van der Waals surface area contributed by atoms with Gasteiger partial charge in [-0.05, 0) is 12.0 Å². The lowest BCUT2D eigenvalue weighted by molar-refractivity contribution is -0.385. The van der Waals surface area contributed by atoms with E-state index in [9.17, 15) is 14.9 Å². The molecule has 0 aliphatic heterocycles. The minimum atomic E-state index is -0.511. The first-order valence-electron chi connectivity index (χ1n) is 6.21. The fourth-order valence-corrected chi connectivity index (χ4v) is 2.21. The molecule has 0 aliphatic rings. The average molecular weight is 329 g/mol. The minimum Gasteiger partial charge on any atom is -0.352 e. The zero-order chi connectivity index (χ0) is 14.4. The van der Waals surface area contributed by atoms with E-state index in [2.05, 4.69) is 35.1 Å². The van der Waals surface area contributed by atoms with Crippen molar-refractivity contribution in [1.29, 1.82) is 0 Å². The summed E-state index contributed by atoms with van der Waals surface area (Å²) in [5.74, 6) is 0.155. The molecule has 0 saturated heterocycles. The third-order valence-electron chi connectivity index (χ3n) is 3.06. The lowest BCUT2D eigenvalue weighted by Gasteiger charge is -2.13. The van der Waals surface area contributed by atoms with E-state index >= 15 is 0 Å². The van der Waals surface area contributed by atoms with Crippen molar-refractivity contribution in [3.63, 3.8) is 0 Å². The Labute approximate surface area is 120 Å². The van der Waals surface area contributed by atoms with Crippen molar-refractivity contribution in [1.82, 2.24) is 5.32 Å². The molecule has 104 valence electrons. The molecule has 5 nitrogen and oxygen atoms in total. The molecule has 0 aromatic heterocycles. The van der Waals surface area contributed by atoms with Gasteiger partial charge in [0.25, 0.3) is 11.6 Å². The molecule has 0 spiro atoms. The van der Waals surface area contributed by atoms with Crippen LogP contribution in [0.1, 0.15) is 37.0 Å². The van der Waals surface area contributed by atoms with E-state index in [1.54, 1.807) is 6.07 Å². The largest absolute Gasteiger partial charge is 0.352 e. The normalized spacial score (nSPS) is 10.5. The Bertz CT molecular complexity index is 473. The van der Waals surface area contributed by atoms with E-state index in [0.717, 1.165) is 12.8 Å². The third kappa shape index (κ3) is 4.63. The Balaban J connectivity index is 2.79. The SMILES string of the molecule is CCC(CC)CNC(=O)c1cc(Br)cc([N+](=O)[O-])c1. The van der Waals surface area contributed by atoms with E-state index < -0.39 is 4.92 Å². The molecule has 1 aromatic carbocycles. The Morgan fingerprint density at radius 2 is 2.00 bits per heavy atom. The summed E-state index contributed by atoms with van der Waals surface area (Å²) in [4.78, 5) is 22.2. The lowest BCUT2D eigenvalue weighted by atomic mass is 10.0. The number of halogens is 1. The van der Waals surface area contributed by atoms with Gasteiger partial charge in [0, 0.05) is 28.7 Å². The van der Waals surface area contributed by atoms with Gasteiger partial charge in [-0.1, -0.05) is 42.6 Å². The predicted octanol–water partition coefficient (Wildman–Crippen LogP) is 3.52. The number of nitro groups is 1. The number of benzene rings is 1. The highest BCUT2D eigenvalue weighted by molar-refractivity contribution is 9.10. The van der Waals surface area contributed by atoms with Crippen LogP contribution in [0.3, 0.4) is 0 Å². The van der Waals surface area contributed by atoms with Crippen LogP contribution < -0.4 is 5.32 Å². The molecule has 6 heteroatoms. The van der Waals surface area contributed by atoms with Gasteiger partial charge in [-0.15, -0.1) is 0 Å². The Hall–Kier alpha value is -1.43. The molecule has 1 rings (SSSR count). The maximum absolute atomic E-state index is 12.0. The van der Waals surface area contributed by atoms with E-state index in [1.807, 2.05) is 0 Å². The third-order valence-corrected chi connectivity index (χ3v) is 3.52. The number of rotatable bonds is 6. The minimum absolute atomic E-state index is 0.0953. The molecular formula is C13H17BrN2O3. The average Bonchev–Trinajstić information content (AvgIpc) is 2.38. The number of carbonyl (C=O) groups is 1. The molecule has 0 fully saturated rings. The summed E-state index contributed by atoms with van der Waals surface area (Å²) in [7, 11) is 0. The van der Waals surface area contributed by atoms with E-state index in [4.69, 9.17) is 0 Å².